The Morgan fingerprint density at radius 3 is 2.62 bits per heavy atom. The summed E-state index contributed by atoms with van der Waals surface area (Å²) in [5, 5.41) is 0. The summed E-state index contributed by atoms with van der Waals surface area (Å²) >= 11 is 0. The van der Waals surface area contributed by atoms with E-state index in [-0.39, 0.29) is 18.4 Å². The van der Waals surface area contributed by atoms with E-state index >= 15 is 0 Å². The summed E-state index contributed by atoms with van der Waals surface area (Å²) in [6.07, 6.45) is 6.75. The fraction of sp³-hybridized carbons (Fsp3) is 0.190. The number of terminal acetylenes is 1. The van der Waals surface area contributed by atoms with Gasteiger partial charge in [-0.2, -0.15) is 0 Å². The Kier molecular flexibility index (Phi) is 5.14. The molecular weight excluding hydrogens is 328 g/mol. The standard InChI is InChI=1S/C21H18N2O3/c1-3-13-22-14-19-17-7-5-6-8-18(17)20(24)23(21(19)25)15-9-11-16(12-10-15)26-4-2/h1,5-12,14,19H,4,13H2,2H3/t19-/m1/s1. The molecule has 0 unspecified atom stereocenters. The molecule has 1 atom stereocenters. The molecule has 2 aromatic rings. The summed E-state index contributed by atoms with van der Waals surface area (Å²) in [7, 11) is 0. The monoisotopic (exact) mass is 346 g/mol. The minimum absolute atomic E-state index is 0.183. The molecule has 3 rings (SSSR count). The van der Waals surface area contributed by atoms with Gasteiger partial charge in [-0.15, -0.1) is 6.42 Å². The average molecular weight is 346 g/mol. The predicted octanol–water partition coefficient (Wildman–Crippen LogP) is 3.06. The highest BCUT2D eigenvalue weighted by Crippen LogP contribution is 2.32. The molecule has 2 aromatic carbocycles. The third kappa shape index (κ3) is 3.22. The van der Waals surface area contributed by atoms with Crippen LogP contribution >= 0.6 is 0 Å². The number of carbonyl (C=O) groups is 2. The second-order valence-electron chi connectivity index (χ2n) is 5.66. The average Bonchev–Trinajstić information content (AvgIpc) is 2.66. The van der Waals surface area contributed by atoms with Crippen LogP contribution in [0.25, 0.3) is 0 Å². The van der Waals surface area contributed by atoms with Crippen LogP contribution < -0.4 is 9.64 Å². The summed E-state index contributed by atoms with van der Waals surface area (Å²) in [6.45, 7) is 2.62. The molecule has 2 amide bonds. The van der Waals surface area contributed by atoms with Gasteiger partial charge in [-0.1, -0.05) is 24.1 Å². The van der Waals surface area contributed by atoms with Crippen LogP contribution in [-0.4, -0.2) is 31.2 Å². The maximum absolute atomic E-state index is 13.0. The van der Waals surface area contributed by atoms with Crippen LogP contribution in [-0.2, 0) is 4.79 Å². The zero-order valence-corrected chi connectivity index (χ0v) is 14.4. The molecule has 0 saturated carbocycles. The van der Waals surface area contributed by atoms with Crippen LogP contribution in [0.1, 0.15) is 28.8 Å². The molecule has 0 aliphatic carbocycles. The van der Waals surface area contributed by atoms with Crippen molar-refractivity contribution in [2.45, 2.75) is 12.8 Å². The normalized spacial score (nSPS) is 16.5. The largest absolute Gasteiger partial charge is 0.494 e. The minimum Gasteiger partial charge on any atom is -0.494 e. The number of carbonyl (C=O) groups excluding carboxylic acids is 2. The van der Waals surface area contributed by atoms with E-state index in [1.165, 1.54) is 11.1 Å². The van der Waals surface area contributed by atoms with Crippen LogP contribution in [0.5, 0.6) is 5.75 Å². The van der Waals surface area contributed by atoms with Gasteiger partial charge in [0, 0.05) is 11.8 Å². The van der Waals surface area contributed by atoms with Crippen LogP contribution in [0.2, 0.25) is 0 Å². The second-order valence-corrected chi connectivity index (χ2v) is 5.66. The zero-order chi connectivity index (χ0) is 18.5. The number of ether oxygens (including phenoxy) is 1. The van der Waals surface area contributed by atoms with Crippen molar-refractivity contribution in [2.24, 2.45) is 4.99 Å². The molecule has 0 N–H and O–H groups in total. The Hall–Kier alpha value is -3.39. The molecule has 0 spiro atoms. The number of nitrogens with zero attached hydrogens (tertiary/aromatic N) is 2. The van der Waals surface area contributed by atoms with Crippen molar-refractivity contribution >= 4 is 23.7 Å². The van der Waals surface area contributed by atoms with E-state index in [0.717, 1.165) is 0 Å². The quantitative estimate of drug-likeness (QED) is 0.475. The Labute approximate surface area is 152 Å². The molecule has 26 heavy (non-hydrogen) atoms. The first-order valence-corrected chi connectivity index (χ1v) is 8.31. The van der Waals surface area contributed by atoms with E-state index in [9.17, 15) is 9.59 Å². The van der Waals surface area contributed by atoms with Crippen LogP contribution in [0, 0.1) is 12.3 Å². The van der Waals surface area contributed by atoms with Gasteiger partial charge in [0.1, 0.15) is 5.75 Å². The van der Waals surface area contributed by atoms with E-state index in [4.69, 9.17) is 11.2 Å². The van der Waals surface area contributed by atoms with Crippen molar-refractivity contribution in [1.82, 2.24) is 0 Å². The van der Waals surface area contributed by atoms with Gasteiger partial charge < -0.3 is 4.74 Å². The summed E-state index contributed by atoms with van der Waals surface area (Å²) in [4.78, 5) is 31.2. The summed E-state index contributed by atoms with van der Waals surface area (Å²) in [6, 6.07) is 13.9. The lowest BCUT2D eigenvalue weighted by molar-refractivity contribution is -0.118. The highest BCUT2D eigenvalue weighted by atomic mass is 16.5. The number of hydrogen-bond acceptors (Lipinski definition) is 4. The first kappa shape index (κ1) is 17.4. The Morgan fingerprint density at radius 1 is 1.19 bits per heavy atom. The molecule has 5 nitrogen and oxygen atoms in total. The van der Waals surface area contributed by atoms with E-state index in [1.807, 2.05) is 6.92 Å². The van der Waals surface area contributed by atoms with Gasteiger partial charge in [0.2, 0.25) is 5.91 Å². The number of imide groups is 1. The van der Waals surface area contributed by atoms with Gasteiger partial charge in [-0.25, -0.2) is 4.90 Å². The molecule has 1 heterocycles. The second kappa shape index (κ2) is 7.66. The van der Waals surface area contributed by atoms with Crippen molar-refractivity contribution in [2.75, 3.05) is 18.1 Å². The number of benzene rings is 2. The van der Waals surface area contributed by atoms with E-state index in [1.54, 1.807) is 48.5 Å². The topological polar surface area (TPSA) is 59.0 Å². The third-order valence-electron chi connectivity index (χ3n) is 4.06. The summed E-state index contributed by atoms with van der Waals surface area (Å²) < 4.78 is 5.42. The molecule has 130 valence electrons. The van der Waals surface area contributed by atoms with Crippen molar-refractivity contribution in [3.63, 3.8) is 0 Å². The predicted molar refractivity (Wildman–Crippen MR) is 101 cm³/mol. The first-order chi connectivity index (χ1) is 12.7. The molecule has 0 bridgehead atoms. The number of aliphatic imine (C=N–C) groups is 1. The first-order valence-electron chi connectivity index (χ1n) is 8.31. The molecule has 0 saturated heterocycles. The lowest BCUT2D eigenvalue weighted by Crippen LogP contribution is -2.45. The Balaban J connectivity index is 2.02. The molecular formula is C21H18N2O3. The van der Waals surface area contributed by atoms with Crippen LogP contribution in [0.15, 0.2) is 53.5 Å². The Morgan fingerprint density at radius 2 is 1.92 bits per heavy atom. The van der Waals surface area contributed by atoms with Crippen molar-refractivity contribution in [3.05, 3.63) is 59.7 Å². The number of amides is 2. The molecule has 0 radical (unpaired) electrons. The highest BCUT2D eigenvalue weighted by Gasteiger charge is 2.38. The lowest BCUT2D eigenvalue weighted by atomic mass is 9.89. The maximum Gasteiger partial charge on any atom is 0.265 e. The van der Waals surface area contributed by atoms with Crippen molar-refractivity contribution in [3.8, 4) is 18.1 Å². The zero-order valence-electron chi connectivity index (χ0n) is 14.4. The van der Waals surface area contributed by atoms with Gasteiger partial charge in [0.15, 0.2) is 0 Å². The number of fused-ring (bicyclic) bond motifs is 1. The van der Waals surface area contributed by atoms with Gasteiger partial charge in [-0.3, -0.25) is 14.6 Å². The molecule has 0 aromatic heterocycles. The van der Waals surface area contributed by atoms with Gasteiger partial charge in [0.25, 0.3) is 5.91 Å². The highest BCUT2D eigenvalue weighted by molar-refractivity contribution is 6.29. The fourth-order valence-corrected chi connectivity index (χ4v) is 2.91. The number of rotatable bonds is 5. The van der Waals surface area contributed by atoms with Crippen molar-refractivity contribution in [1.29, 1.82) is 0 Å². The van der Waals surface area contributed by atoms with E-state index < -0.39 is 5.92 Å². The maximum atomic E-state index is 13.0. The van der Waals surface area contributed by atoms with E-state index in [2.05, 4.69) is 10.9 Å². The Bertz CT molecular complexity index is 894. The minimum atomic E-state index is -0.649. The van der Waals surface area contributed by atoms with Crippen LogP contribution in [0.3, 0.4) is 0 Å². The third-order valence-corrected chi connectivity index (χ3v) is 4.06. The van der Waals surface area contributed by atoms with Crippen LogP contribution in [0.4, 0.5) is 5.69 Å². The number of hydrogen-bond donors (Lipinski definition) is 0. The molecule has 1 aliphatic rings. The van der Waals surface area contributed by atoms with Gasteiger partial charge >= 0.3 is 0 Å². The number of anilines is 1. The fourth-order valence-electron chi connectivity index (χ4n) is 2.91. The van der Waals surface area contributed by atoms with Gasteiger partial charge in [-0.05, 0) is 42.8 Å². The SMILES string of the molecule is C#CCN=C[C@H]1C(=O)N(c2ccc(OCC)cc2)C(=O)c2ccccc21. The summed E-state index contributed by atoms with van der Waals surface area (Å²) in [5.74, 6) is 1.75. The van der Waals surface area contributed by atoms with Gasteiger partial charge in [0.05, 0.1) is 24.8 Å². The lowest BCUT2D eigenvalue weighted by Gasteiger charge is -2.31. The van der Waals surface area contributed by atoms with Crippen molar-refractivity contribution < 1.29 is 14.3 Å². The van der Waals surface area contributed by atoms with E-state index in [0.29, 0.717) is 29.2 Å². The summed E-state index contributed by atoms with van der Waals surface area (Å²) in [5.41, 5.74) is 1.62. The molecule has 5 heteroatoms. The smallest absolute Gasteiger partial charge is 0.265 e. The molecule has 1 aliphatic heterocycles. The molecule has 0 fully saturated rings.